The smallest absolute Gasteiger partial charge is 0.323 e. The van der Waals surface area contributed by atoms with Gasteiger partial charge in [0.15, 0.2) is 0 Å². The minimum Gasteiger partial charge on any atom is -0.480 e. The molecule has 11 nitrogen and oxygen atoms in total. The van der Waals surface area contributed by atoms with E-state index in [1.54, 1.807) is 6.07 Å². The van der Waals surface area contributed by atoms with E-state index in [0.717, 1.165) is 37.4 Å². The van der Waals surface area contributed by atoms with Gasteiger partial charge in [0.25, 0.3) is 5.91 Å². The number of rotatable bonds is 9. The Bertz CT molecular complexity index is 1230. The van der Waals surface area contributed by atoms with Crippen LogP contribution in [0.5, 0.6) is 0 Å². The van der Waals surface area contributed by atoms with Gasteiger partial charge in [0, 0.05) is 50.5 Å². The molecule has 192 valence electrons. The Balaban J connectivity index is 1.36. The first-order chi connectivity index (χ1) is 17.2. The summed E-state index contributed by atoms with van der Waals surface area (Å²) in [5.74, 6) is -2.27. The molecule has 36 heavy (non-hydrogen) atoms. The molecule has 12 heteroatoms. The largest absolute Gasteiger partial charge is 0.480 e. The SMILES string of the molecule is O=C(CN1CCc2ccc(N3CCNCC3)cc2C1=O)NC[C@@H](NS(=O)(=O)c1ccccc1)C(=O)O. The molecule has 0 unspecified atom stereocenters. The predicted octanol–water partition coefficient (Wildman–Crippen LogP) is -0.358. The standard InChI is InChI=1S/C24H29N5O6S/c30-22(26-15-21(24(32)33)27-36(34,35)19-4-2-1-3-5-19)16-29-11-8-17-6-7-18(14-20(17)23(29)31)28-12-9-25-10-13-28/h1-7,14,21,25,27H,8-13,15-16H2,(H,26,30)(H,32,33)/t21-/m1/s1. The number of fused-ring (bicyclic) bond motifs is 1. The second kappa shape index (κ2) is 11.1. The van der Waals surface area contributed by atoms with Crippen LogP contribution in [0.4, 0.5) is 5.69 Å². The number of hydrogen-bond donors (Lipinski definition) is 4. The number of sulfonamides is 1. The third-order valence-electron chi connectivity index (χ3n) is 6.23. The van der Waals surface area contributed by atoms with Gasteiger partial charge < -0.3 is 25.5 Å². The molecule has 2 amide bonds. The molecule has 1 fully saturated rings. The zero-order valence-corrected chi connectivity index (χ0v) is 20.5. The molecular weight excluding hydrogens is 486 g/mol. The van der Waals surface area contributed by atoms with E-state index in [0.29, 0.717) is 18.5 Å². The number of benzene rings is 2. The monoisotopic (exact) mass is 515 g/mol. The molecule has 2 aromatic rings. The molecule has 0 spiro atoms. The van der Waals surface area contributed by atoms with Crippen LogP contribution in [0.25, 0.3) is 0 Å². The van der Waals surface area contributed by atoms with Crippen LogP contribution in [-0.4, -0.2) is 88.1 Å². The molecule has 0 bridgehead atoms. The Morgan fingerprint density at radius 3 is 2.47 bits per heavy atom. The van der Waals surface area contributed by atoms with Crippen LogP contribution >= 0.6 is 0 Å². The topological polar surface area (TPSA) is 148 Å². The molecule has 0 aliphatic carbocycles. The number of hydrogen-bond acceptors (Lipinski definition) is 7. The van der Waals surface area contributed by atoms with Crippen molar-refractivity contribution in [3.8, 4) is 0 Å². The van der Waals surface area contributed by atoms with E-state index in [1.165, 1.54) is 29.2 Å². The number of nitrogens with one attached hydrogen (secondary N) is 3. The zero-order chi connectivity index (χ0) is 25.7. The fraction of sp³-hybridized carbons (Fsp3) is 0.375. The third-order valence-corrected chi connectivity index (χ3v) is 7.72. The van der Waals surface area contributed by atoms with Gasteiger partial charge in [-0.3, -0.25) is 14.4 Å². The Kier molecular flexibility index (Phi) is 7.87. The second-order valence-electron chi connectivity index (χ2n) is 8.68. The highest BCUT2D eigenvalue weighted by molar-refractivity contribution is 7.89. The normalized spacial score (nSPS) is 16.8. The number of amides is 2. The van der Waals surface area contributed by atoms with Crippen LogP contribution in [0.1, 0.15) is 15.9 Å². The van der Waals surface area contributed by atoms with E-state index in [1.807, 2.05) is 18.2 Å². The van der Waals surface area contributed by atoms with E-state index in [-0.39, 0.29) is 17.3 Å². The van der Waals surface area contributed by atoms with Crippen molar-refractivity contribution >= 4 is 33.5 Å². The summed E-state index contributed by atoms with van der Waals surface area (Å²) in [6.07, 6.45) is 0.602. The van der Waals surface area contributed by atoms with E-state index >= 15 is 0 Å². The van der Waals surface area contributed by atoms with Crippen LogP contribution in [0.15, 0.2) is 53.4 Å². The first kappa shape index (κ1) is 25.6. The predicted molar refractivity (Wildman–Crippen MR) is 132 cm³/mol. The van der Waals surface area contributed by atoms with Crippen molar-refractivity contribution in [3.05, 3.63) is 59.7 Å². The molecular formula is C24H29N5O6S. The summed E-state index contributed by atoms with van der Waals surface area (Å²) in [4.78, 5) is 40.8. The van der Waals surface area contributed by atoms with Crippen molar-refractivity contribution in [1.82, 2.24) is 20.3 Å². The quantitative estimate of drug-likeness (QED) is 0.354. The van der Waals surface area contributed by atoms with Gasteiger partial charge in [0.1, 0.15) is 6.04 Å². The third kappa shape index (κ3) is 6.01. The fourth-order valence-corrected chi connectivity index (χ4v) is 5.47. The van der Waals surface area contributed by atoms with Gasteiger partial charge >= 0.3 is 5.97 Å². The molecule has 2 aliphatic rings. The van der Waals surface area contributed by atoms with E-state index in [9.17, 15) is 27.9 Å². The lowest BCUT2D eigenvalue weighted by molar-refractivity contribution is -0.138. The average Bonchev–Trinajstić information content (AvgIpc) is 2.89. The molecule has 2 aromatic carbocycles. The van der Waals surface area contributed by atoms with Crippen LogP contribution in [0.2, 0.25) is 0 Å². The number of carbonyl (C=O) groups is 3. The van der Waals surface area contributed by atoms with Gasteiger partial charge in [-0.25, -0.2) is 8.42 Å². The lowest BCUT2D eigenvalue weighted by Gasteiger charge is -2.32. The molecule has 0 aromatic heterocycles. The van der Waals surface area contributed by atoms with E-state index < -0.39 is 34.5 Å². The van der Waals surface area contributed by atoms with Crippen molar-refractivity contribution in [3.63, 3.8) is 0 Å². The summed E-state index contributed by atoms with van der Waals surface area (Å²) in [5, 5.41) is 15.2. The van der Waals surface area contributed by atoms with Crippen LogP contribution < -0.4 is 20.3 Å². The molecule has 2 heterocycles. The molecule has 4 N–H and O–H groups in total. The summed E-state index contributed by atoms with van der Waals surface area (Å²) < 4.78 is 27.0. The van der Waals surface area contributed by atoms with Crippen molar-refractivity contribution in [1.29, 1.82) is 0 Å². The van der Waals surface area contributed by atoms with Gasteiger partial charge in [0.05, 0.1) is 11.4 Å². The van der Waals surface area contributed by atoms with Crippen molar-refractivity contribution in [2.24, 2.45) is 0 Å². The van der Waals surface area contributed by atoms with Crippen LogP contribution in [0.3, 0.4) is 0 Å². The van der Waals surface area contributed by atoms with Gasteiger partial charge in [-0.1, -0.05) is 24.3 Å². The second-order valence-corrected chi connectivity index (χ2v) is 10.4. The maximum atomic E-state index is 13.1. The number of aliphatic carboxylic acids is 1. The number of piperazine rings is 1. The van der Waals surface area contributed by atoms with Gasteiger partial charge in [-0.15, -0.1) is 0 Å². The highest BCUT2D eigenvalue weighted by Gasteiger charge is 2.29. The summed E-state index contributed by atoms with van der Waals surface area (Å²) in [5.41, 5.74) is 2.45. The Hall–Kier alpha value is -3.48. The number of carboxylic acids is 1. The highest BCUT2D eigenvalue weighted by atomic mass is 32.2. The van der Waals surface area contributed by atoms with Gasteiger partial charge in [-0.2, -0.15) is 4.72 Å². The number of carboxylic acid groups (broad SMARTS) is 1. The molecule has 1 atom stereocenters. The van der Waals surface area contributed by atoms with Crippen LogP contribution in [0, 0.1) is 0 Å². The maximum Gasteiger partial charge on any atom is 0.323 e. The zero-order valence-electron chi connectivity index (χ0n) is 19.6. The first-order valence-corrected chi connectivity index (χ1v) is 13.2. The van der Waals surface area contributed by atoms with Crippen molar-refractivity contribution in [2.75, 3.05) is 50.7 Å². The Labute approximate surface area is 209 Å². The summed E-state index contributed by atoms with van der Waals surface area (Å²) in [7, 11) is -4.09. The fourth-order valence-electron chi connectivity index (χ4n) is 4.26. The Morgan fingerprint density at radius 1 is 1.06 bits per heavy atom. The molecule has 4 rings (SSSR count). The van der Waals surface area contributed by atoms with Gasteiger partial charge in [-0.05, 0) is 36.2 Å². The Morgan fingerprint density at radius 2 is 1.78 bits per heavy atom. The maximum absolute atomic E-state index is 13.1. The lowest BCUT2D eigenvalue weighted by Crippen LogP contribution is -2.50. The minimum absolute atomic E-state index is 0.0830. The summed E-state index contributed by atoms with van der Waals surface area (Å²) in [6.45, 7) is 3.07. The van der Waals surface area contributed by atoms with Crippen molar-refractivity contribution in [2.45, 2.75) is 17.4 Å². The number of anilines is 1. The van der Waals surface area contributed by atoms with Gasteiger partial charge in [0.2, 0.25) is 15.9 Å². The minimum atomic E-state index is -4.09. The summed E-state index contributed by atoms with van der Waals surface area (Å²) in [6, 6.07) is 11.6. The highest BCUT2D eigenvalue weighted by Crippen LogP contribution is 2.25. The van der Waals surface area contributed by atoms with E-state index in [4.69, 9.17) is 0 Å². The molecule has 0 radical (unpaired) electrons. The molecule has 2 aliphatic heterocycles. The van der Waals surface area contributed by atoms with Crippen LogP contribution in [-0.2, 0) is 26.0 Å². The summed E-state index contributed by atoms with van der Waals surface area (Å²) >= 11 is 0. The average molecular weight is 516 g/mol. The first-order valence-electron chi connectivity index (χ1n) is 11.7. The molecule has 0 saturated carbocycles. The number of nitrogens with zero attached hydrogens (tertiary/aromatic N) is 2. The molecule has 1 saturated heterocycles. The lowest BCUT2D eigenvalue weighted by atomic mass is 9.98. The van der Waals surface area contributed by atoms with Crippen molar-refractivity contribution < 1.29 is 27.9 Å². The van der Waals surface area contributed by atoms with E-state index in [2.05, 4.69) is 20.3 Å². The number of carbonyl (C=O) groups excluding carboxylic acids is 2.